The molecular formula is C8H6NSY-. The standard InChI is InChI=1S/C8H6NS.Y/c1-6-9-7-4-2-3-5-8(7)10-6;/h2,4-5H,1H3;/q-1;. The molecule has 0 aliphatic heterocycles. The molecule has 0 N–H and O–H groups in total. The number of nitrogens with zero attached hydrogens (tertiary/aromatic N) is 1. The molecule has 53 valence electrons. The van der Waals surface area contributed by atoms with Crippen LogP contribution >= 0.6 is 11.3 Å². The van der Waals surface area contributed by atoms with Gasteiger partial charge in [0.1, 0.15) is 0 Å². The first-order valence-electron chi connectivity index (χ1n) is 3.09. The summed E-state index contributed by atoms with van der Waals surface area (Å²) in [5, 5.41) is 1.12. The van der Waals surface area contributed by atoms with Crippen LogP contribution in [0, 0.1) is 13.0 Å². The van der Waals surface area contributed by atoms with Gasteiger partial charge in [-0.2, -0.15) is 29.5 Å². The zero-order chi connectivity index (χ0) is 6.97. The van der Waals surface area contributed by atoms with Crippen molar-refractivity contribution in [3.63, 3.8) is 0 Å². The molecule has 1 aromatic heterocycles. The Morgan fingerprint density at radius 2 is 2.36 bits per heavy atom. The zero-order valence-electron chi connectivity index (χ0n) is 6.16. The van der Waals surface area contributed by atoms with E-state index in [2.05, 4.69) is 11.1 Å². The first kappa shape index (κ1) is 9.30. The fraction of sp³-hybridized carbons (Fsp3) is 0.125. The fourth-order valence-corrected chi connectivity index (χ4v) is 1.74. The second kappa shape index (κ2) is 3.75. The summed E-state index contributed by atoms with van der Waals surface area (Å²) in [4.78, 5) is 4.31. The zero-order valence-corrected chi connectivity index (χ0v) is 9.82. The van der Waals surface area contributed by atoms with Gasteiger partial charge < -0.3 is 0 Å². The summed E-state index contributed by atoms with van der Waals surface area (Å²) in [7, 11) is 0. The molecule has 0 bridgehead atoms. The quantitative estimate of drug-likeness (QED) is 0.641. The Labute approximate surface area is 94.7 Å². The molecule has 1 radical (unpaired) electrons. The number of thiazole rings is 1. The van der Waals surface area contributed by atoms with Crippen molar-refractivity contribution in [3.8, 4) is 0 Å². The Morgan fingerprint density at radius 3 is 3.09 bits per heavy atom. The molecule has 11 heavy (non-hydrogen) atoms. The Morgan fingerprint density at radius 1 is 1.55 bits per heavy atom. The molecule has 1 nitrogen and oxygen atoms in total. The molecule has 0 fully saturated rings. The SMILES string of the molecule is Cc1nc2cc[c-]cc2s1.[Y]. The van der Waals surface area contributed by atoms with E-state index in [4.69, 9.17) is 0 Å². The number of aromatic nitrogens is 1. The van der Waals surface area contributed by atoms with Crippen molar-refractivity contribution in [3.05, 3.63) is 29.3 Å². The van der Waals surface area contributed by atoms with Crippen LogP contribution in [0.4, 0.5) is 0 Å². The number of hydrogen-bond donors (Lipinski definition) is 0. The van der Waals surface area contributed by atoms with Gasteiger partial charge >= 0.3 is 0 Å². The number of rotatable bonds is 0. The molecule has 0 atom stereocenters. The molecule has 0 saturated heterocycles. The molecule has 2 rings (SSSR count). The largest absolute Gasteiger partial charge is 0.269 e. The van der Waals surface area contributed by atoms with Crippen LogP contribution in [0.3, 0.4) is 0 Å². The summed E-state index contributed by atoms with van der Waals surface area (Å²) in [6, 6.07) is 8.87. The minimum Gasteiger partial charge on any atom is -0.269 e. The van der Waals surface area contributed by atoms with Crippen molar-refractivity contribution in [2.24, 2.45) is 0 Å². The maximum absolute atomic E-state index is 4.31. The van der Waals surface area contributed by atoms with Crippen LogP contribution in [0.1, 0.15) is 5.01 Å². The van der Waals surface area contributed by atoms with Gasteiger partial charge in [0.25, 0.3) is 0 Å². The molecule has 2 aromatic rings. The van der Waals surface area contributed by atoms with E-state index < -0.39 is 0 Å². The summed E-state index contributed by atoms with van der Waals surface area (Å²) >= 11 is 1.71. The molecule has 3 heteroatoms. The molecule has 0 spiro atoms. The van der Waals surface area contributed by atoms with Gasteiger partial charge in [0.15, 0.2) is 0 Å². The first-order chi connectivity index (χ1) is 4.86. The number of fused-ring (bicyclic) bond motifs is 1. The second-order valence-electron chi connectivity index (χ2n) is 2.13. The van der Waals surface area contributed by atoms with Crippen LogP contribution in [0.5, 0.6) is 0 Å². The van der Waals surface area contributed by atoms with Crippen LogP contribution in [0.25, 0.3) is 10.2 Å². The van der Waals surface area contributed by atoms with Crippen molar-refractivity contribution < 1.29 is 32.7 Å². The van der Waals surface area contributed by atoms with Gasteiger partial charge in [0, 0.05) is 32.7 Å². The number of aryl methyl sites for hydroxylation is 1. The molecule has 1 heterocycles. The van der Waals surface area contributed by atoms with E-state index in [1.165, 1.54) is 4.70 Å². The Hall–Kier alpha value is 0.214. The molecule has 0 aliphatic carbocycles. The maximum atomic E-state index is 4.31. The third-order valence-electron chi connectivity index (χ3n) is 1.34. The minimum atomic E-state index is 0. The maximum Gasteiger partial charge on any atom is 0.0761 e. The predicted octanol–water partition coefficient (Wildman–Crippen LogP) is 2.40. The normalized spacial score (nSPS) is 9.55. The average Bonchev–Trinajstić information content (AvgIpc) is 2.27. The van der Waals surface area contributed by atoms with E-state index in [-0.39, 0.29) is 32.7 Å². The van der Waals surface area contributed by atoms with E-state index in [1.807, 2.05) is 25.1 Å². The van der Waals surface area contributed by atoms with Crippen molar-refractivity contribution in [1.82, 2.24) is 4.98 Å². The van der Waals surface area contributed by atoms with Crippen molar-refractivity contribution in [2.75, 3.05) is 0 Å². The van der Waals surface area contributed by atoms with Gasteiger partial charge in [0.05, 0.1) is 5.01 Å². The molecule has 1 aromatic carbocycles. The Bertz CT molecular complexity index is 323. The minimum absolute atomic E-state index is 0. The summed E-state index contributed by atoms with van der Waals surface area (Å²) in [5.41, 5.74) is 1.08. The van der Waals surface area contributed by atoms with Crippen LogP contribution in [-0.2, 0) is 32.7 Å². The molecule has 0 saturated carbocycles. The van der Waals surface area contributed by atoms with E-state index >= 15 is 0 Å². The fourth-order valence-electron chi connectivity index (χ4n) is 0.933. The summed E-state index contributed by atoms with van der Waals surface area (Å²) in [6.45, 7) is 2.02. The van der Waals surface area contributed by atoms with Gasteiger partial charge in [-0.15, -0.1) is 6.07 Å². The Kier molecular flexibility index (Phi) is 3.17. The van der Waals surface area contributed by atoms with Crippen molar-refractivity contribution in [2.45, 2.75) is 6.92 Å². The number of hydrogen-bond acceptors (Lipinski definition) is 2. The van der Waals surface area contributed by atoms with Gasteiger partial charge in [-0.3, -0.25) is 4.98 Å². The average molecular weight is 237 g/mol. The summed E-state index contributed by atoms with van der Waals surface area (Å²) in [5.74, 6) is 0. The Balaban J connectivity index is 0.000000605. The smallest absolute Gasteiger partial charge is 0.0761 e. The third-order valence-corrected chi connectivity index (χ3v) is 2.27. The van der Waals surface area contributed by atoms with Crippen LogP contribution < -0.4 is 0 Å². The van der Waals surface area contributed by atoms with Crippen molar-refractivity contribution >= 4 is 21.6 Å². The van der Waals surface area contributed by atoms with Crippen LogP contribution in [0.2, 0.25) is 0 Å². The second-order valence-corrected chi connectivity index (χ2v) is 3.36. The summed E-state index contributed by atoms with van der Waals surface area (Å²) in [6.07, 6.45) is 0. The predicted molar refractivity (Wildman–Crippen MR) is 43.2 cm³/mol. The topological polar surface area (TPSA) is 12.9 Å². The molecule has 0 aliphatic rings. The molecule has 0 unspecified atom stereocenters. The molecular weight excluding hydrogens is 231 g/mol. The van der Waals surface area contributed by atoms with Gasteiger partial charge in [-0.25, -0.2) is 0 Å². The number of benzene rings is 1. The van der Waals surface area contributed by atoms with E-state index in [0.29, 0.717) is 0 Å². The van der Waals surface area contributed by atoms with E-state index in [1.54, 1.807) is 11.3 Å². The van der Waals surface area contributed by atoms with Gasteiger partial charge in [-0.1, -0.05) is 4.70 Å². The van der Waals surface area contributed by atoms with Crippen LogP contribution in [0.15, 0.2) is 18.2 Å². The van der Waals surface area contributed by atoms with Gasteiger partial charge in [0.2, 0.25) is 0 Å². The van der Waals surface area contributed by atoms with Crippen molar-refractivity contribution in [1.29, 1.82) is 0 Å². The van der Waals surface area contributed by atoms with Gasteiger partial charge in [-0.05, 0) is 12.4 Å². The first-order valence-corrected chi connectivity index (χ1v) is 3.91. The van der Waals surface area contributed by atoms with E-state index in [9.17, 15) is 0 Å². The third kappa shape index (κ3) is 1.87. The van der Waals surface area contributed by atoms with Crippen LogP contribution in [-0.4, -0.2) is 4.98 Å². The molecule has 0 amide bonds. The monoisotopic (exact) mass is 237 g/mol. The summed E-state index contributed by atoms with van der Waals surface area (Å²) < 4.78 is 1.22. The van der Waals surface area contributed by atoms with E-state index in [0.717, 1.165) is 10.5 Å².